The van der Waals surface area contributed by atoms with Gasteiger partial charge in [0.15, 0.2) is 0 Å². The minimum absolute atomic E-state index is 0.0234. The standard InChI is InChI=1S/C14H24N2OS/c1-4-15-12(9-13-16-11(2)10-18-13)14(17-3)7-5-6-8-14/h10,12,15H,4-9H2,1-3H3. The second-order valence-corrected chi connectivity index (χ2v) is 6.12. The molecular formula is C14H24N2OS. The third kappa shape index (κ3) is 2.92. The van der Waals surface area contributed by atoms with E-state index in [0.29, 0.717) is 6.04 Å². The van der Waals surface area contributed by atoms with Gasteiger partial charge in [0.25, 0.3) is 0 Å². The first kappa shape index (κ1) is 14.0. The van der Waals surface area contributed by atoms with E-state index in [-0.39, 0.29) is 5.60 Å². The van der Waals surface area contributed by atoms with Gasteiger partial charge in [0.2, 0.25) is 0 Å². The topological polar surface area (TPSA) is 34.2 Å². The van der Waals surface area contributed by atoms with Crippen LogP contribution >= 0.6 is 11.3 Å². The van der Waals surface area contributed by atoms with Gasteiger partial charge in [0, 0.05) is 30.6 Å². The number of rotatable bonds is 6. The maximum Gasteiger partial charge on any atom is 0.0944 e. The maximum atomic E-state index is 5.91. The number of ether oxygens (including phenoxy) is 1. The summed E-state index contributed by atoms with van der Waals surface area (Å²) in [5, 5.41) is 6.97. The number of aryl methyl sites for hydroxylation is 1. The van der Waals surface area contributed by atoms with Crippen LogP contribution in [0.1, 0.15) is 43.3 Å². The summed E-state index contributed by atoms with van der Waals surface area (Å²) in [5.41, 5.74) is 1.15. The van der Waals surface area contributed by atoms with Gasteiger partial charge in [-0.3, -0.25) is 0 Å². The van der Waals surface area contributed by atoms with E-state index in [2.05, 4.69) is 29.5 Å². The van der Waals surface area contributed by atoms with Gasteiger partial charge in [-0.1, -0.05) is 19.8 Å². The molecule has 1 atom stereocenters. The summed E-state index contributed by atoms with van der Waals surface area (Å²) in [7, 11) is 1.86. The molecule has 18 heavy (non-hydrogen) atoms. The molecular weight excluding hydrogens is 244 g/mol. The monoisotopic (exact) mass is 268 g/mol. The van der Waals surface area contributed by atoms with Crippen molar-refractivity contribution in [1.82, 2.24) is 10.3 Å². The Morgan fingerprint density at radius 3 is 2.72 bits per heavy atom. The second kappa shape index (κ2) is 6.13. The molecule has 3 nitrogen and oxygen atoms in total. The summed E-state index contributed by atoms with van der Waals surface area (Å²) in [5.74, 6) is 0. The van der Waals surface area contributed by atoms with Gasteiger partial charge in [-0.15, -0.1) is 11.3 Å². The Morgan fingerprint density at radius 1 is 1.50 bits per heavy atom. The number of nitrogens with one attached hydrogen (secondary N) is 1. The molecule has 1 aromatic rings. The van der Waals surface area contributed by atoms with Gasteiger partial charge >= 0.3 is 0 Å². The first-order valence-electron chi connectivity index (χ1n) is 6.90. The molecule has 0 aliphatic heterocycles. The van der Waals surface area contributed by atoms with Gasteiger partial charge in [-0.25, -0.2) is 4.98 Å². The lowest BCUT2D eigenvalue weighted by atomic mass is 9.89. The third-order valence-corrected chi connectivity index (χ3v) is 4.98. The molecule has 1 unspecified atom stereocenters. The Kier molecular flexibility index (Phi) is 4.76. The smallest absolute Gasteiger partial charge is 0.0944 e. The largest absolute Gasteiger partial charge is 0.377 e. The highest BCUT2D eigenvalue weighted by atomic mass is 32.1. The van der Waals surface area contributed by atoms with E-state index < -0.39 is 0 Å². The third-order valence-electron chi connectivity index (χ3n) is 3.99. The van der Waals surface area contributed by atoms with Crippen LogP contribution in [0, 0.1) is 6.92 Å². The number of methoxy groups -OCH3 is 1. The Balaban J connectivity index is 2.11. The first-order chi connectivity index (χ1) is 8.70. The Hall–Kier alpha value is -0.450. The second-order valence-electron chi connectivity index (χ2n) is 5.17. The van der Waals surface area contributed by atoms with Gasteiger partial charge in [0.1, 0.15) is 0 Å². The molecule has 4 heteroatoms. The van der Waals surface area contributed by atoms with Crippen LogP contribution < -0.4 is 5.32 Å². The van der Waals surface area contributed by atoms with Gasteiger partial charge in [0.05, 0.1) is 10.6 Å². The maximum absolute atomic E-state index is 5.91. The van der Waals surface area contributed by atoms with Crippen molar-refractivity contribution < 1.29 is 4.74 Å². The summed E-state index contributed by atoms with van der Waals surface area (Å²) >= 11 is 1.77. The fourth-order valence-electron chi connectivity index (χ4n) is 3.03. The molecule has 2 rings (SSSR count). The predicted octanol–water partition coefficient (Wildman–Crippen LogP) is 2.93. The molecule has 1 saturated carbocycles. The van der Waals surface area contributed by atoms with E-state index in [4.69, 9.17) is 4.74 Å². The molecule has 0 radical (unpaired) electrons. The molecule has 0 amide bonds. The van der Waals surface area contributed by atoms with Gasteiger partial charge in [-0.05, 0) is 26.3 Å². The zero-order chi connectivity index (χ0) is 13.0. The average Bonchev–Trinajstić information content (AvgIpc) is 2.98. The molecule has 1 aromatic heterocycles. The summed E-state index contributed by atoms with van der Waals surface area (Å²) in [6.07, 6.45) is 5.90. The van der Waals surface area contributed by atoms with Crippen molar-refractivity contribution in [3.05, 3.63) is 16.1 Å². The van der Waals surface area contributed by atoms with Crippen molar-refractivity contribution >= 4 is 11.3 Å². The minimum atomic E-state index is 0.0234. The zero-order valence-electron chi connectivity index (χ0n) is 11.7. The Morgan fingerprint density at radius 2 is 2.22 bits per heavy atom. The molecule has 1 N–H and O–H groups in total. The first-order valence-corrected chi connectivity index (χ1v) is 7.77. The van der Waals surface area contributed by atoms with Gasteiger partial charge < -0.3 is 10.1 Å². The summed E-state index contributed by atoms with van der Waals surface area (Å²) in [4.78, 5) is 4.59. The lowest BCUT2D eigenvalue weighted by molar-refractivity contribution is -0.0351. The predicted molar refractivity (Wildman–Crippen MR) is 76.2 cm³/mol. The van der Waals surface area contributed by atoms with Crippen molar-refractivity contribution in [3.8, 4) is 0 Å². The number of thiazole rings is 1. The van der Waals surface area contributed by atoms with Gasteiger partial charge in [-0.2, -0.15) is 0 Å². The number of aromatic nitrogens is 1. The van der Waals surface area contributed by atoms with Crippen LogP contribution in [0.3, 0.4) is 0 Å². The Labute approximate surface area is 114 Å². The molecule has 0 bridgehead atoms. The van der Waals surface area contributed by atoms with Crippen molar-refractivity contribution in [2.24, 2.45) is 0 Å². The summed E-state index contributed by atoms with van der Waals surface area (Å²) in [6.45, 7) is 5.21. The van der Waals surface area contributed by atoms with Crippen molar-refractivity contribution in [3.63, 3.8) is 0 Å². The molecule has 0 aromatic carbocycles. The SMILES string of the molecule is CCNC(Cc1nc(C)cs1)C1(OC)CCCC1. The van der Waals surface area contributed by atoms with Crippen molar-refractivity contribution in [2.45, 2.75) is 57.6 Å². The lowest BCUT2D eigenvalue weighted by Gasteiger charge is -2.36. The van der Waals surface area contributed by atoms with Crippen LogP contribution in [0.5, 0.6) is 0 Å². The normalized spacial score (nSPS) is 20.2. The van der Waals surface area contributed by atoms with Crippen LogP contribution in [0.2, 0.25) is 0 Å². The molecule has 1 heterocycles. The van der Waals surface area contributed by atoms with Crippen LogP contribution in [-0.2, 0) is 11.2 Å². The zero-order valence-corrected chi connectivity index (χ0v) is 12.5. The molecule has 1 fully saturated rings. The molecule has 0 spiro atoms. The minimum Gasteiger partial charge on any atom is -0.377 e. The van der Waals surface area contributed by atoms with Crippen LogP contribution in [0.4, 0.5) is 0 Å². The molecule has 1 aliphatic carbocycles. The number of hydrogen-bond acceptors (Lipinski definition) is 4. The summed E-state index contributed by atoms with van der Waals surface area (Å²) in [6, 6.07) is 0.389. The molecule has 1 aliphatic rings. The highest BCUT2D eigenvalue weighted by Gasteiger charge is 2.41. The van der Waals surface area contributed by atoms with E-state index in [0.717, 1.165) is 18.7 Å². The number of nitrogens with zero attached hydrogens (tertiary/aromatic N) is 1. The fourth-order valence-corrected chi connectivity index (χ4v) is 3.85. The quantitative estimate of drug-likeness (QED) is 0.861. The number of likely N-dealkylation sites (N-methyl/N-ethyl adjacent to an activating group) is 1. The Bertz CT molecular complexity index is 372. The van der Waals surface area contributed by atoms with E-state index >= 15 is 0 Å². The van der Waals surface area contributed by atoms with Crippen molar-refractivity contribution in [2.75, 3.05) is 13.7 Å². The van der Waals surface area contributed by atoms with Crippen LogP contribution in [0.25, 0.3) is 0 Å². The summed E-state index contributed by atoms with van der Waals surface area (Å²) < 4.78 is 5.91. The van der Waals surface area contributed by atoms with E-state index in [1.807, 2.05) is 7.11 Å². The fraction of sp³-hybridized carbons (Fsp3) is 0.786. The molecule has 102 valence electrons. The van der Waals surface area contributed by atoms with Crippen LogP contribution in [-0.4, -0.2) is 30.3 Å². The highest BCUT2D eigenvalue weighted by Crippen LogP contribution is 2.37. The average molecular weight is 268 g/mol. The molecule has 0 saturated heterocycles. The number of hydrogen-bond donors (Lipinski definition) is 1. The van der Waals surface area contributed by atoms with E-state index in [1.54, 1.807) is 11.3 Å². The van der Waals surface area contributed by atoms with E-state index in [9.17, 15) is 0 Å². The van der Waals surface area contributed by atoms with E-state index in [1.165, 1.54) is 30.7 Å². The van der Waals surface area contributed by atoms with Crippen LogP contribution in [0.15, 0.2) is 5.38 Å². The lowest BCUT2D eigenvalue weighted by Crippen LogP contribution is -2.51. The highest BCUT2D eigenvalue weighted by molar-refractivity contribution is 7.09. The van der Waals surface area contributed by atoms with Crippen molar-refractivity contribution in [1.29, 1.82) is 0 Å².